The Bertz CT molecular complexity index is 611. The van der Waals surface area contributed by atoms with E-state index in [4.69, 9.17) is 0 Å². The van der Waals surface area contributed by atoms with E-state index >= 15 is 0 Å². The number of rotatable bonds is 5. The van der Waals surface area contributed by atoms with Crippen LogP contribution in [0.5, 0.6) is 0 Å². The predicted octanol–water partition coefficient (Wildman–Crippen LogP) is 3.06. The molecule has 0 atom stereocenters. The van der Waals surface area contributed by atoms with E-state index in [9.17, 15) is 0 Å². The van der Waals surface area contributed by atoms with Crippen molar-refractivity contribution in [3.8, 4) is 0 Å². The van der Waals surface area contributed by atoms with Gasteiger partial charge in [-0.2, -0.15) is 5.10 Å². The quantitative estimate of drug-likeness (QED) is 0.395. The first-order valence-electron chi connectivity index (χ1n) is 6.92. The van der Waals surface area contributed by atoms with Crippen molar-refractivity contribution < 1.29 is 0 Å². The van der Waals surface area contributed by atoms with Gasteiger partial charge in [-0.05, 0) is 30.7 Å². The zero-order valence-corrected chi connectivity index (χ0v) is 16.6. The molecule has 7 heteroatoms. The van der Waals surface area contributed by atoms with Crippen LogP contribution >= 0.6 is 39.9 Å². The molecule has 2 N–H and O–H groups in total. The SMILES string of the molecule is CCNC(=NCc1cccc(Br)c1)NCc1ccnn1C.I. The van der Waals surface area contributed by atoms with Gasteiger partial charge in [-0.3, -0.25) is 4.68 Å². The molecule has 22 heavy (non-hydrogen) atoms. The summed E-state index contributed by atoms with van der Waals surface area (Å²) in [5, 5.41) is 10.7. The van der Waals surface area contributed by atoms with Crippen molar-refractivity contribution in [3.05, 3.63) is 52.3 Å². The van der Waals surface area contributed by atoms with Gasteiger partial charge in [0.25, 0.3) is 0 Å². The van der Waals surface area contributed by atoms with E-state index in [0.717, 1.165) is 22.7 Å². The molecule has 5 nitrogen and oxygen atoms in total. The summed E-state index contributed by atoms with van der Waals surface area (Å²) in [6.45, 7) is 4.22. The van der Waals surface area contributed by atoms with Crippen molar-refractivity contribution in [3.63, 3.8) is 0 Å². The summed E-state index contributed by atoms with van der Waals surface area (Å²) in [7, 11) is 1.93. The van der Waals surface area contributed by atoms with Gasteiger partial charge in [0, 0.05) is 24.3 Å². The number of hydrogen-bond donors (Lipinski definition) is 2. The molecule has 0 saturated carbocycles. The second-order valence-corrected chi connectivity index (χ2v) is 5.54. The Kier molecular flexibility index (Phi) is 8.47. The molecule has 0 amide bonds. The molecule has 0 spiro atoms. The second kappa shape index (κ2) is 9.83. The van der Waals surface area contributed by atoms with E-state index in [0.29, 0.717) is 13.1 Å². The second-order valence-electron chi connectivity index (χ2n) is 4.62. The standard InChI is InChI=1S/C15H20BrN5.HI/c1-3-17-15(19-11-14-7-8-20-21(14)2)18-10-12-5-4-6-13(16)9-12;/h4-9H,3,10-11H2,1-2H3,(H2,17,18,19);1H. The molecule has 0 aliphatic carbocycles. The lowest BCUT2D eigenvalue weighted by atomic mass is 10.2. The van der Waals surface area contributed by atoms with Gasteiger partial charge < -0.3 is 10.6 Å². The van der Waals surface area contributed by atoms with Crippen LogP contribution in [0.4, 0.5) is 0 Å². The van der Waals surface area contributed by atoms with Crippen molar-refractivity contribution in [1.82, 2.24) is 20.4 Å². The minimum Gasteiger partial charge on any atom is -0.357 e. The highest BCUT2D eigenvalue weighted by Crippen LogP contribution is 2.12. The third-order valence-electron chi connectivity index (χ3n) is 3.01. The third-order valence-corrected chi connectivity index (χ3v) is 3.51. The first-order chi connectivity index (χ1) is 10.2. The lowest BCUT2D eigenvalue weighted by molar-refractivity contribution is 0.685. The first kappa shape index (κ1) is 19.0. The molecule has 1 aromatic heterocycles. The maximum atomic E-state index is 4.60. The fourth-order valence-electron chi connectivity index (χ4n) is 1.90. The zero-order chi connectivity index (χ0) is 15.1. The Labute approximate surface area is 156 Å². The van der Waals surface area contributed by atoms with E-state index in [1.54, 1.807) is 6.20 Å². The largest absolute Gasteiger partial charge is 0.357 e. The Morgan fingerprint density at radius 3 is 2.77 bits per heavy atom. The smallest absolute Gasteiger partial charge is 0.191 e. The van der Waals surface area contributed by atoms with Crippen molar-refractivity contribution in [1.29, 1.82) is 0 Å². The molecule has 0 fully saturated rings. The van der Waals surface area contributed by atoms with Gasteiger partial charge in [-0.15, -0.1) is 24.0 Å². The summed E-state index contributed by atoms with van der Waals surface area (Å²) in [5.41, 5.74) is 2.28. The topological polar surface area (TPSA) is 54.2 Å². The molecule has 0 unspecified atom stereocenters. The minimum atomic E-state index is 0. The van der Waals surface area contributed by atoms with Crippen LogP contribution in [0.25, 0.3) is 0 Å². The molecule has 1 heterocycles. The fraction of sp³-hybridized carbons (Fsp3) is 0.333. The number of nitrogens with one attached hydrogen (secondary N) is 2. The van der Waals surface area contributed by atoms with Gasteiger partial charge >= 0.3 is 0 Å². The summed E-state index contributed by atoms with van der Waals surface area (Å²) in [4.78, 5) is 4.60. The molecule has 0 aliphatic heterocycles. The van der Waals surface area contributed by atoms with Crippen LogP contribution in [0.2, 0.25) is 0 Å². The lowest BCUT2D eigenvalue weighted by Crippen LogP contribution is -2.37. The number of hydrogen-bond acceptors (Lipinski definition) is 2. The molecular weight excluding hydrogens is 457 g/mol. The number of guanidine groups is 1. The Morgan fingerprint density at radius 1 is 1.32 bits per heavy atom. The maximum absolute atomic E-state index is 4.60. The van der Waals surface area contributed by atoms with E-state index in [1.165, 1.54) is 5.56 Å². The number of aromatic nitrogens is 2. The molecule has 0 bridgehead atoms. The van der Waals surface area contributed by atoms with Crippen LogP contribution in [0.15, 0.2) is 46.0 Å². The van der Waals surface area contributed by atoms with Crippen molar-refractivity contribution in [2.24, 2.45) is 12.0 Å². The van der Waals surface area contributed by atoms with E-state index < -0.39 is 0 Å². The average molecular weight is 478 g/mol. The van der Waals surface area contributed by atoms with Gasteiger partial charge in [0.15, 0.2) is 5.96 Å². The summed E-state index contributed by atoms with van der Waals surface area (Å²) in [6, 6.07) is 10.2. The normalized spacial score (nSPS) is 11.0. The fourth-order valence-corrected chi connectivity index (χ4v) is 2.34. The molecule has 1 aromatic carbocycles. The molecule has 120 valence electrons. The summed E-state index contributed by atoms with van der Waals surface area (Å²) in [6.07, 6.45) is 1.79. The summed E-state index contributed by atoms with van der Waals surface area (Å²) >= 11 is 3.48. The third kappa shape index (κ3) is 5.96. The zero-order valence-electron chi connectivity index (χ0n) is 12.7. The van der Waals surface area contributed by atoms with Gasteiger partial charge in [0.2, 0.25) is 0 Å². The number of aliphatic imine (C=N–C) groups is 1. The van der Waals surface area contributed by atoms with Gasteiger partial charge in [-0.1, -0.05) is 28.1 Å². The molecule has 0 saturated heterocycles. The summed E-state index contributed by atoms with van der Waals surface area (Å²) in [5.74, 6) is 0.804. The highest BCUT2D eigenvalue weighted by molar-refractivity contribution is 14.0. The Morgan fingerprint density at radius 2 is 2.14 bits per heavy atom. The van der Waals surface area contributed by atoms with Crippen LogP contribution < -0.4 is 10.6 Å². The minimum absolute atomic E-state index is 0. The number of nitrogens with zero attached hydrogens (tertiary/aromatic N) is 3. The molecule has 2 rings (SSSR count). The van der Waals surface area contributed by atoms with Gasteiger partial charge in [0.1, 0.15) is 0 Å². The van der Waals surface area contributed by atoms with Gasteiger partial charge in [-0.25, -0.2) is 4.99 Å². The van der Waals surface area contributed by atoms with E-state index in [1.807, 2.05) is 29.9 Å². The number of benzene rings is 1. The molecule has 0 radical (unpaired) electrons. The van der Waals surface area contributed by atoms with Crippen molar-refractivity contribution >= 4 is 45.9 Å². The average Bonchev–Trinajstić information content (AvgIpc) is 2.87. The molecular formula is C15H21BrIN5. The highest BCUT2D eigenvalue weighted by atomic mass is 127. The number of aryl methyl sites for hydroxylation is 1. The maximum Gasteiger partial charge on any atom is 0.191 e. The van der Waals surface area contributed by atoms with E-state index in [2.05, 4.69) is 55.7 Å². The monoisotopic (exact) mass is 477 g/mol. The summed E-state index contributed by atoms with van der Waals surface area (Å²) < 4.78 is 2.92. The van der Waals surface area contributed by atoms with Crippen LogP contribution in [0.3, 0.4) is 0 Å². The van der Waals surface area contributed by atoms with Crippen LogP contribution in [0, 0.1) is 0 Å². The molecule has 0 aliphatic rings. The van der Waals surface area contributed by atoms with Crippen LogP contribution in [-0.2, 0) is 20.1 Å². The van der Waals surface area contributed by atoms with Gasteiger partial charge in [0.05, 0.1) is 18.8 Å². The highest BCUT2D eigenvalue weighted by Gasteiger charge is 2.01. The van der Waals surface area contributed by atoms with Crippen molar-refractivity contribution in [2.45, 2.75) is 20.0 Å². The van der Waals surface area contributed by atoms with Crippen molar-refractivity contribution in [2.75, 3.05) is 6.54 Å². The Balaban J connectivity index is 0.00000242. The predicted molar refractivity (Wildman–Crippen MR) is 104 cm³/mol. The molecule has 2 aromatic rings. The first-order valence-corrected chi connectivity index (χ1v) is 7.72. The van der Waals surface area contributed by atoms with E-state index in [-0.39, 0.29) is 24.0 Å². The van der Waals surface area contributed by atoms with Crippen LogP contribution in [-0.4, -0.2) is 22.3 Å². The lowest BCUT2D eigenvalue weighted by Gasteiger charge is -2.11. The van der Waals surface area contributed by atoms with Crippen LogP contribution in [0.1, 0.15) is 18.2 Å². The Hall–Kier alpha value is -1.09. The number of halogens is 2.